The largest absolute Gasteiger partial charge is 0.398 e. The minimum absolute atomic E-state index is 0.558. The number of nitrogen functional groups attached to an aromatic ring is 1. The van der Waals surface area contributed by atoms with E-state index in [0.717, 1.165) is 22.2 Å². The van der Waals surface area contributed by atoms with Gasteiger partial charge in [-0.2, -0.15) is 5.10 Å². The predicted octanol–water partition coefficient (Wildman–Crippen LogP) is 2.43. The maximum Gasteiger partial charge on any atom is 0.0814 e. The number of anilines is 1. The minimum atomic E-state index is -0.558. The summed E-state index contributed by atoms with van der Waals surface area (Å²) in [4.78, 5) is 0. The van der Waals surface area contributed by atoms with Crippen LogP contribution < -0.4 is 5.73 Å². The van der Waals surface area contributed by atoms with E-state index in [-0.39, 0.29) is 0 Å². The molecule has 0 aliphatic rings. The van der Waals surface area contributed by atoms with E-state index in [4.69, 9.17) is 5.73 Å². The van der Waals surface area contributed by atoms with Gasteiger partial charge in [-0.3, -0.25) is 4.68 Å². The average molecular weight is 310 g/mol. The fourth-order valence-electron chi connectivity index (χ4n) is 1.92. The van der Waals surface area contributed by atoms with E-state index in [1.54, 1.807) is 12.3 Å². The van der Waals surface area contributed by atoms with Crippen LogP contribution in [-0.2, 0) is 13.5 Å². The van der Waals surface area contributed by atoms with Crippen LogP contribution in [0.3, 0.4) is 0 Å². The van der Waals surface area contributed by atoms with Crippen LogP contribution in [-0.4, -0.2) is 14.9 Å². The number of nitrogens with two attached hydrogens (primary N) is 1. The summed E-state index contributed by atoms with van der Waals surface area (Å²) < 4.78 is 2.74. The monoisotopic (exact) mass is 309 g/mol. The summed E-state index contributed by atoms with van der Waals surface area (Å²) in [5.41, 5.74) is 8.36. The standard InChI is InChI=1S/C13H16BrN3O/c1-17-10(6-7-16-17)3-5-13(18)11-8-9(14)2-4-12(11)15/h2,4,6-8,13,18H,3,5,15H2,1H3. The minimum Gasteiger partial charge on any atom is -0.398 e. The second kappa shape index (κ2) is 5.54. The lowest BCUT2D eigenvalue weighted by molar-refractivity contribution is 0.168. The molecular formula is C13H16BrN3O. The maximum absolute atomic E-state index is 10.2. The Labute approximate surface area is 115 Å². The zero-order chi connectivity index (χ0) is 13.1. The van der Waals surface area contributed by atoms with Gasteiger partial charge in [-0.15, -0.1) is 0 Å². The van der Waals surface area contributed by atoms with Crippen molar-refractivity contribution in [3.05, 3.63) is 46.2 Å². The van der Waals surface area contributed by atoms with E-state index >= 15 is 0 Å². The summed E-state index contributed by atoms with van der Waals surface area (Å²) in [7, 11) is 1.90. The first-order valence-electron chi connectivity index (χ1n) is 5.78. The van der Waals surface area contributed by atoms with Gasteiger partial charge < -0.3 is 10.8 Å². The molecule has 0 aliphatic heterocycles. The van der Waals surface area contributed by atoms with Gasteiger partial charge in [-0.05, 0) is 37.1 Å². The first-order valence-corrected chi connectivity index (χ1v) is 6.57. The first kappa shape index (κ1) is 13.1. The van der Waals surface area contributed by atoms with Gasteiger partial charge in [0.2, 0.25) is 0 Å². The molecule has 4 nitrogen and oxygen atoms in total. The van der Waals surface area contributed by atoms with Crippen molar-refractivity contribution in [2.75, 3.05) is 5.73 Å². The van der Waals surface area contributed by atoms with Crippen molar-refractivity contribution in [1.29, 1.82) is 0 Å². The number of hydrogen-bond acceptors (Lipinski definition) is 3. The molecule has 1 atom stereocenters. The van der Waals surface area contributed by atoms with E-state index in [0.29, 0.717) is 12.1 Å². The summed E-state index contributed by atoms with van der Waals surface area (Å²) in [6.07, 6.45) is 2.59. The second-order valence-electron chi connectivity index (χ2n) is 4.27. The highest BCUT2D eigenvalue weighted by molar-refractivity contribution is 9.10. The van der Waals surface area contributed by atoms with E-state index in [2.05, 4.69) is 21.0 Å². The Morgan fingerprint density at radius 1 is 1.44 bits per heavy atom. The van der Waals surface area contributed by atoms with Gasteiger partial charge in [0.05, 0.1) is 6.10 Å². The molecule has 0 amide bonds. The Hall–Kier alpha value is -1.33. The number of aliphatic hydroxyl groups excluding tert-OH is 1. The molecule has 1 heterocycles. The molecule has 2 rings (SSSR count). The van der Waals surface area contributed by atoms with Crippen LogP contribution in [0.5, 0.6) is 0 Å². The van der Waals surface area contributed by atoms with Crippen molar-refractivity contribution in [2.24, 2.45) is 7.05 Å². The summed E-state index contributed by atoms with van der Waals surface area (Å²) in [5.74, 6) is 0. The lowest BCUT2D eigenvalue weighted by atomic mass is 10.0. The number of aryl methyl sites for hydroxylation is 2. The number of aromatic nitrogens is 2. The first-order chi connectivity index (χ1) is 8.58. The highest BCUT2D eigenvalue weighted by Crippen LogP contribution is 2.27. The van der Waals surface area contributed by atoms with Gasteiger partial charge in [0.1, 0.15) is 0 Å². The fourth-order valence-corrected chi connectivity index (χ4v) is 2.30. The van der Waals surface area contributed by atoms with Gasteiger partial charge in [0, 0.05) is 34.7 Å². The molecule has 0 saturated heterocycles. The zero-order valence-electron chi connectivity index (χ0n) is 10.2. The molecule has 0 fully saturated rings. The van der Waals surface area contributed by atoms with Crippen LogP contribution in [0.15, 0.2) is 34.9 Å². The number of rotatable bonds is 4. The van der Waals surface area contributed by atoms with E-state index in [1.165, 1.54) is 0 Å². The van der Waals surface area contributed by atoms with Gasteiger partial charge in [-0.25, -0.2) is 0 Å². The Bertz CT molecular complexity index is 539. The van der Waals surface area contributed by atoms with Gasteiger partial charge >= 0.3 is 0 Å². The number of aliphatic hydroxyl groups is 1. The maximum atomic E-state index is 10.2. The molecule has 1 aromatic heterocycles. The van der Waals surface area contributed by atoms with Crippen molar-refractivity contribution in [2.45, 2.75) is 18.9 Å². The van der Waals surface area contributed by atoms with E-state index in [9.17, 15) is 5.11 Å². The van der Waals surface area contributed by atoms with Gasteiger partial charge in [-0.1, -0.05) is 15.9 Å². The molecule has 0 saturated carbocycles. The number of nitrogens with zero attached hydrogens (tertiary/aromatic N) is 2. The second-order valence-corrected chi connectivity index (χ2v) is 5.19. The molecule has 3 N–H and O–H groups in total. The highest BCUT2D eigenvalue weighted by atomic mass is 79.9. The zero-order valence-corrected chi connectivity index (χ0v) is 11.8. The van der Waals surface area contributed by atoms with Crippen LogP contribution in [0.2, 0.25) is 0 Å². The molecule has 5 heteroatoms. The van der Waals surface area contributed by atoms with E-state index < -0.39 is 6.10 Å². The smallest absolute Gasteiger partial charge is 0.0814 e. The normalized spacial score (nSPS) is 12.6. The van der Waals surface area contributed by atoms with E-state index in [1.807, 2.05) is 29.9 Å². The number of benzene rings is 1. The van der Waals surface area contributed by atoms with Crippen molar-refractivity contribution in [3.63, 3.8) is 0 Å². The topological polar surface area (TPSA) is 64.1 Å². The molecule has 0 aliphatic carbocycles. The molecular weight excluding hydrogens is 294 g/mol. The van der Waals surface area contributed by atoms with Crippen LogP contribution >= 0.6 is 15.9 Å². The van der Waals surface area contributed by atoms with Gasteiger partial charge in [0.25, 0.3) is 0 Å². The Balaban J connectivity index is 2.06. The molecule has 0 spiro atoms. The lowest BCUT2D eigenvalue weighted by Gasteiger charge is -2.14. The Morgan fingerprint density at radius 2 is 2.22 bits per heavy atom. The van der Waals surface area contributed by atoms with Crippen LogP contribution in [0.1, 0.15) is 23.8 Å². The third kappa shape index (κ3) is 2.91. The Morgan fingerprint density at radius 3 is 2.89 bits per heavy atom. The van der Waals surface area contributed by atoms with Crippen LogP contribution in [0.25, 0.3) is 0 Å². The molecule has 0 radical (unpaired) electrons. The summed E-state index contributed by atoms with van der Waals surface area (Å²) in [6, 6.07) is 7.49. The van der Waals surface area contributed by atoms with Crippen molar-refractivity contribution >= 4 is 21.6 Å². The Kier molecular flexibility index (Phi) is 4.04. The molecule has 2 aromatic rings. The average Bonchev–Trinajstić information content (AvgIpc) is 2.75. The third-order valence-electron chi connectivity index (χ3n) is 3.00. The molecule has 18 heavy (non-hydrogen) atoms. The predicted molar refractivity (Wildman–Crippen MR) is 75.0 cm³/mol. The fraction of sp³-hybridized carbons (Fsp3) is 0.308. The summed E-state index contributed by atoms with van der Waals surface area (Å²) >= 11 is 3.39. The third-order valence-corrected chi connectivity index (χ3v) is 3.50. The molecule has 0 bridgehead atoms. The number of halogens is 1. The number of hydrogen-bond donors (Lipinski definition) is 2. The van der Waals surface area contributed by atoms with Gasteiger partial charge in [0.15, 0.2) is 0 Å². The summed E-state index contributed by atoms with van der Waals surface area (Å²) in [6.45, 7) is 0. The van der Waals surface area contributed by atoms with Crippen molar-refractivity contribution in [3.8, 4) is 0 Å². The van der Waals surface area contributed by atoms with Crippen molar-refractivity contribution in [1.82, 2.24) is 9.78 Å². The van der Waals surface area contributed by atoms with Crippen LogP contribution in [0.4, 0.5) is 5.69 Å². The van der Waals surface area contributed by atoms with Crippen molar-refractivity contribution < 1.29 is 5.11 Å². The molecule has 1 aromatic carbocycles. The molecule has 96 valence electrons. The SMILES string of the molecule is Cn1nccc1CCC(O)c1cc(Br)ccc1N. The molecule has 1 unspecified atom stereocenters. The van der Waals surface area contributed by atoms with Crippen LogP contribution in [0, 0.1) is 0 Å². The quantitative estimate of drug-likeness (QED) is 0.853. The highest BCUT2D eigenvalue weighted by Gasteiger charge is 2.12. The lowest BCUT2D eigenvalue weighted by Crippen LogP contribution is -2.06. The summed E-state index contributed by atoms with van der Waals surface area (Å²) in [5, 5.41) is 14.3.